The summed E-state index contributed by atoms with van der Waals surface area (Å²) in [6, 6.07) is 15.4. The number of aromatic nitrogens is 2. The van der Waals surface area contributed by atoms with E-state index in [4.69, 9.17) is 4.74 Å². The van der Waals surface area contributed by atoms with Crippen LogP contribution in [0.5, 0.6) is 5.75 Å². The molecule has 2 N–H and O–H groups in total. The van der Waals surface area contributed by atoms with E-state index in [1.165, 1.54) is 24.3 Å². The number of carbonyl (C=O) groups is 1. The van der Waals surface area contributed by atoms with Gasteiger partial charge >= 0.3 is 6.36 Å². The second kappa shape index (κ2) is 12.4. The molecular weight excluding hydrogens is 525 g/mol. The SMILES string of the molecule is O=C(NCc1ccc(OC(F)(F)F)cc1)C1CCCN(c2ccnc(Nc3ccc(N4CCOCC4)cc3)n2)C1. The third kappa shape index (κ3) is 7.53. The number of hydrogen-bond donors (Lipinski definition) is 2. The van der Waals surface area contributed by atoms with E-state index in [0.717, 1.165) is 62.9 Å². The van der Waals surface area contributed by atoms with Crippen molar-refractivity contribution in [2.24, 2.45) is 5.92 Å². The van der Waals surface area contributed by atoms with Gasteiger partial charge in [0.05, 0.1) is 19.1 Å². The Hall–Kier alpha value is -4.06. The summed E-state index contributed by atoms with van der Waals surface area (Å²) >= 11 is 0. The predicted molar refractivity (Wildman–Crippen MR) is 145 cm³/mol. The Balaban J connectivity index is 1.14. The summed E-state index contributed by atoms with van der Waals surface area (Å²) in [4.78, 5) is 26.3. The molecule has 5 rings (SSSR count). The van der Waals surface area contributed by atoms with E-state index >= 15 is 0 Å². The fourth-order valence-corrected chi connectivity index (χ4v) is 4.83. The predicted octanol–water partition coefficient (Wildman–Crippen LogP) is 4.49. The molecule has 3 aromatic rings. The second-order valence-corrected chi connectivity index (χ2v) is 9.70. The Bertz CT molecular complexity index is 1270. The van der Waals surface area contributed by atoms with E-state index in [2.05, 4.69) is 47.3 Å². The Labute approximate surface area is 230 Å². The van der Waals surface area contributed by atoms with Gasteiger partial charge < -0.3 is 29.9 Å². The van der Waals surface area contributed by atoms with Crippen molar-refractivity contribution in [3.05, 3.63) is 66.4 Å². The zero-order chi connectivity index (χ0) is 28.0. The first-order valence-corrected chi connectivity index (χ1v) is 13.2. The van der Waals surface area contributed by atoms with Crippen molar-refractivity contribution in [2.75, 3.05) is 54.5 Å². The van der Waals surface area contributed by atoms with Crippen molar-refractivity contribution in [3.63, 3.8) is 0 Å². The number of morpholine rings is 1. The van der Waals surface area contributed by atoms with Crippen LogP contribution >= 0.6 is 0 Å². The number of ether oxygens (including phenoxy) is 2. The smallest absolute Gasteiger partial charge is 0.406 e. The molecular formula is C28H31F3N6O3. The minimum atomic E-state index is -4.74. The number of rotatable bonds is 8. The first kappa shape index (κ1) is 27.5. The molecule has 12 heteroatoms. The number of carbonyl (C=O) groups excluding carboxylic acids is 1. The summed E-state index contributed by atoms with van der Waals surface area (Å²) in [6.07, 6.45) is -1.47. The highest BCUT2D eigenvalue weighted by molar-refractivity contribution is 5.79. The van der Waals surface area contributed by atoms with Crippen LogP contribution in [-0.4, -0.2) is 61.6 Å². The van der Waals surface area contributed by atoms with Gasteiger partial charge in [-0.1, -0.05) is 12.1 Å². The van der Waals surface area contributed by atoms with E-state index in [0.29, 0.717) is 18.1 Å². The Morgan fingerprint density at radius 2 is 1.75 bits per heavy atom. The van der Waals surface area contributed by atoms with Gasteiger partial charge in [-0.15, -0.1) is 13.2 Å². The maximum atomic E-state index is 12.9. The number of hydrogen-bond acceptors (Lipinski definition) is 8. The van der Waals surface area contributed by atoms with Gasteiger partial charge in [0, 0.05) is 50.3 Å². The molecule has 1 unspecified atom stereocenters. The molecule has 2 saturated heterocycles. The molecule has 40 heavy (non-hydrogen) atoms. The Kier molecular flexibility index (Phi) is 8.54. The quantitative estimate of drug-likeness (QED) is 0.420. The molecule has 0 aliphatic carbocycles. The lowest BCUT2D eigenvalue weighted by molar-refractivity contribution is -0.274. The van der Waals surface area contributed by atoms with E-state index in [9.17, 15) is 18.0 Å². The lowest BCUT2D eigenvalue weighted by atomic mass is 9.97. The molecule has 2 aliphatic rings. The standard InChI is InChI=1S/C28H31F3N6O3/c29-28(30,31)40-24-9-3-20(4-10-24)18-33-26(38)21-2-1-13-37(19-21)25-11-12-32-27(35-25)34-22-5-7-23(8-6-22)36-14-16-39-17-15-36/h3-12,21H,1-2,13-19H2,(H,33,38)(H,32,34,35). The number of anilines is 4. The summed E-state index contributed by atoms with van der Waals surface area (Å²) in [5.74, 6) is 0.573. The fraction of sp³-hybridized carbons (Fsp3) is 0.393. The molecule has 0 bridgehead atoms. The zero-order valence-corrected chi connectivity index (χ0v) is 21.9. The van der Waals surface area contributed by atoms with Gasteiger partial charge in [0.25, 0.3) is 0 Å². The first-order valence-electron chi connectivity index (χ1n) is 13.2. The molecule has 2 aliphatic heterocycles. The van der Waals surface area contributed by atoms with Crippen molar-refractivity contribution in [1.82, 2.24) is 15.3 Å². The molecule has 0 saturated carbocycles. The van der Waals surface area contributed by atoms with Crippen LogP contribution in [0.25, 0.3) is 0 Å². The highest BCUT2D eigenvalue weighted by Gasteiger charge is 2.31. The van der Waals surface area contributed by atoms with Crippen molar-refractivity contribution in [3.8, 4) is 5.75 Å². The Morgan fingerprint density at radius 1 is 1.00 bits per heavy atom. The summed E-state index contributed by atoms with van der Waals surface area (Å²) in [5.41, 5.74) is 2.71. The second-order valence-electron chi connectivity index (χ2n) is 9.70. The molecule has 0 spiro atoms. The lowest BCUT2D eigenvalue weighted by Crippen LogP contribution is -2.43. The number of alkyl halides is 3. The van der Waals surface area contributed by atoms with Crippen LogP contribution in [0.15, 0.2) is 60.8 Å². The summed E-state index contributed by atoms with van der Waals surface area (Å²) < 4.78 is 46.4. The molecule has 2 aromatic carbocycles. The van der Waals surface area contributed by atoms with Gasteiger partial charge in [-0.3, -0.25) is 4.79 Å². The van der Waals surface area contributed by atoms with Crippen molar-refractivity contribution in [1.29, 1.82) is 0 Å². The van der Waals surface area contributed by atoms with Crippen LogP contribution < -0.4 is 25.2 Å². The minimum Gasteiger partial charge on any atom is -0.406 e. The maximum Gasteiger partial charge on any atom is 0.573 e. The summed E-state index contributed by atoms with van der Waals surface area (Å²) in [6.45, 7) is 4.72. The van der Waals surface area contributed by atoms with Crippen LogP contribution in [0.1, 0.15) is 18.4 Å². The third-order valence-corrected chi connectivity index (χ3v) is 6.88. The fourth-order valence-electron chi connectivity index (χ4n) is 4.83. The van der Waals surface area contributed by atoms with Crippen LogP contribution in [0, 0.1) is 5.92 Å². The molecule has 212 valence electrons. The largest absolute Gasteiger partial charge is 0.573 e. The van der Waals surface area contributed by atoms with E-state index in [1.54, 1.807) is 6.20 Å². The summed E-state index contributed by atoms with van der Waals surface area (Å²) in [7, 11) is 0. The molecule has 3 heterocycles. The first-order chi connectivity index (χ1) is 19.3. The van der Waals surface area contributed by atoms with Crippen LogP contribution in [-0.2, 0) is 16.1 Å². The third-order valence-electron chi connectivity index (χ3n) is 6.88. The zero-order valence-electron chi connectivity index (χ0n) is 21.9. The van der Waals surface area contributed by atoms with Crippen LogP contribution in [0.2, 0.25) is 0 Å². The normalized spacial score (nSPS) is 17.8. The number of nitrogens with zero attached hydrogens (tertiary/aromatic N) is 4. The van der Waals surface area contributed by atoms with Gasteiger partial charge in [0.15, 0.2) is 0 Å². The molecule has 2 fully saturated rings. The number of nitrogens with one attached hydrogen (secondary N) is 2. The highest BCUT2D eigenvalue weighted by atomic mass is 19.4. The molecule has 0 radical (unpaired) electrons. The lowest BCUT2D eigenvalue weighted by Gasteiger charge is -2.33. The van der Waals surface area contributed by atoms with Crippen molar-refractivity contribution in [2.45, 2.75) is 25.7 Å². The average Bonchev–Trinajstić information content (AvgIpc) is 2.97. The monoisotopic (exact) mass is 556 g/mol. The Morgan fingerprint density at radius 3 is 2.48 bits per heavy atom. The van der Waals surface area contributed by atoms with Crippen LogP contribution in [0.4, 0.5) is 36.3 Å². The van der Waals surface area contributed by atoms with Gasteiger partial charge in [-0.25, -0.2) is 4.98 Å². The summed E-state index contributed by atoms with van der Waals surface area (Å²) in [5, 5.41) is 6.16. The van der Waals surface area contributed by atoms with Crippen LogP contribution in [0.3, 0.4) is 0 Å². The number of amides is 1. The van der Waals surface area contributed by atoms with Gasteiger partial charge in [0.2, 0.25) is 11.9 Å². The molecule has 1 atom stereocenters. The minimum absolute atomic E-state index is 0.104. The van der Waals surface area contributed by atoms with E-state index in [1.807, 2.05) is 18.2 Å². The number of halogens is 3. The number of benzene rings is 2. The van der Waals surface area contributed by atoms with Gasteiger partial charge in [0.1, 0.15) is 11.6 Å². The molecule has 9 nitrogen and oxygen atoms in total. The molecule has 1 amide bonds. The number of piperidine rings is 1. The van der Waals surface area contributed by atoms with Gasteiger partial charge in [-0.2, -0.15) is 4.98 Å². The van der Waals surface area contributed by atoms with E-state index < -0.39 is 6.36 Å². The van der Waals surface area contributed by atoms with E-state index in [-0.39, 0.29) is 24.1 Å². The molecule has 1 aromatic heterocycles. The van der Waals surface area contributed by atoms with Crippen molar-refractivity contribution >= 4 is 29.0 Å². The van der Waals surface area contributed by atoms with Gasteiger partial charge in [-0.05, 0) is 60.9 Å². The highest BCUT2D eigenvalue weighted by Crippen LogP contribution is 2.25. The topological polar surface area (TPSA) is 91.8 Å². The average molecular weight is 557 g/mol. The van der Waals surface area contributed by atoms with Crippen molar-refractivity contribution < 1.29 is 27.4 Å². The maximum absolute atomic E-state index is 12.9.